The number of imide groups is 1. The van der Waals surface area contributed by atoms with Gasteiger partial charge in [-0.3, -0.25) is 15.0 Å². The van der Waals surface area contributed by atoms with Crippen LogP contribution in [0.15, 0.2) is 0 Å². The molecule has 5 nitrogen and oxygen atoms in total. The minimum atomic E-state index is -0.957. The first-order valence-corrected chi connectivity index (χ1v) is 3.43. The number of urea groups is 1. The Morgan fingerprint density at radius 2 is 2.36 bits per heavy atom. The largest absolute Gasteiger partial charge is 0.373 e. The van der Waals surface area contributed by atoms with Gasteiger partial charge >= 0.3 is 6.03 Å². The van der Waals surface area contributed by atoms with Gasteiger partial charge in [-0.25, -0.2) is 4.79 Å². The van der Waals surface area contributed by atoms with Crippen LogP contribution in [0.4, 0.5) is 4.79 Å². The lowest BCUT2D eigenvalue weighted by molar-refractivity contribution is -0.127. The molecule has 3 amide bonds. The highest BCUT2D eigenvalue weighted by Gasteiger charge is 2.29. The highest BCUT2D eigenvalue weighted by molar-refractivity contribution is 5.96. The van der Waals surface area contributed by atoms with Crippen molar-refractivity contribution in [1.82, 2.24) is 10.2 Å². The number of hydrogen-bond acceptors (Lipinski definition) is 3. The summed E-state index contributed by atoms with van der Waals surface area (Å²) in [6.07, 6.45) is -0.985. The first kappa shape index (κ1) is 8.00. The lowest BCUT2D eigenvalue weighted by Crippen LogP contribution is -2.54. The molecule has 1 unspecified atom stereocenters. The molecule has 0 aromatic heterocycles. The minimum absolute atomic E-state index is 0.0282. The number of aliphatic hydroxyl groups excluding tert-OH is 1. The zero-order valence-electron chi connectivity index (χ0n) is 6.20. The molecule has 62 valence electrons. The highest BCUT2D eigenvalue weighted by atomic mass is 16.3. The van der Waals surface area contributed by atoms with Gasteiger partial charge in [0.25, 0.3) is 0 Å². The van der Waals surface area contributed by atoms with Gasteiger partial charge in [0, 0.05) is 6.54 Å². The summed E-state index contributed by atoms with van der Waals surface area (Å²) < 4.78 is 0. The number of rotatable bonds is 1. The molecule has 2 N–H and O–H groups in total. The number of carbonyl (C=O) groups excluding carboxylic acids is 2. The second-order valence-electron chi connectivity index (χ2n) is 2.32. The van der Waals surface area contributed by atoms with Crippen molar-refractivity contribution in [3.8, 4) is 0 Å². The molecular weight excluding hydrogens is 148 g/mol. The molecule has 1 saturated heterocycles. The van der Waals surface area contributed by atoms with Crippen LogP contribution >= 0.6 is 0 Å². The predicted molar refractivity (Wildman–Crippen MR) is 36.5 cm³/mol. The average Bonchev–Trinajstić information content (AvgIpc) is 1.85. The number of nitrogens with zero attached hydrogens (tertiary/aromatic N) is 1. The molecule has 1 aliphatic rings. The van der Waals surface area contributed by atoms with Gasteiger partial charge in [0.2, 0.25) is 5.91 Å². The van der Waals surface area contributed by atoms with Crippen LogP contribution in [0.2, 0.25) is 0 Å². The van der Waals surface area contributed by atoms with Crippen LogP contribution in [0.25, 0.3) is 0 Å². The van der Waals surface area contributed by atoms with Crippen molar-refractivity contribution in [2.75, 3.05) is 6.54 Å². The molecule has 5 heteroatoms. The summed E-state index contributed by atoms with van der Waals surface area (Å²) in [5, 5.41) is 11.3. The molecule has 0 bridgehead atoms. The molecule has 0 aromatic carbocycles. The molecule has 0 radical (unpaired) electrons. The van der Waals surface area contributed by atoms with E-state index in [2.05, 4.69) is 5.32 Å². The zero-order valence-corrected chi connectivity index (χ0v) is 6.20. The predicted octanol–water partition coefficient (Wildman–Crippen LogP) is -0.733. The van der Waals surface area contributed by atoms with E-state index in [0.29, 0.717) is 6.54 Å². The van der Waals surface area contributed by atoms with Gasteiger partial charge < -0.3 is 5.11 Å². The third kappa shape index (κ3) is 1.48. The van der Waals surface area contributed by atoms with Crippen LogP contribution in [0.5, 0.6) is 0 Å². The van der Waals surface area contributed by atoms with Gasteiger partial charge in [0.1, 0.15) is 6.23 Å². The fraction of sp³-hybridized carbons (Fsp3) is 0.667. The molecule has 0 aliphatic carbocycles. The summed E-state index contributed by atoms with van der Waals surface area (Å²) in [7, 11) is 0. The topological polar surface area (TPSA) is 69.6 Å². The monoisotopic (exact) mass is 158 g/mol. The molecule has 1 aliphatic heterocycles. The summed E-state index contributed by atoms with van der Waals surface area (Å²) in [4.78, 5) is 22.7. The standard InChI is InChI=1S/C6H10N2O3/c1-2-8-5(10)3-4(9)7-6(8)11/h5,10H,2-3H2,1H3,(H,7,9,11). The Morgan fingerprint density at radius 1 is 1.73 bits per heavy atom. The van der Waals surface area contributed by atoms with Gasteiger partial charge in [-0.1, -0.05) is 0 Å². The minimum Gasteiger partial charge on any atom is -0.373 e. The second kappa shape index (κ2) is 2.87. The normalized spacial score (nSPS) is 25.3. The number of hydrogen-bond donors (Lipinski definition) is 2. The van der Waals surface area contributed by atoms with E-state index >= 15 is 0 Å². The first-order valence-electron chi connectivity index (χ1n) is 3.43. The van der Waals surface area contributed by atoms with Crippen molar-refractivity contribution in [3.05, 3.63) is 0 Å². The number of amides is 3. The smallest absolute Gasteiger partial charge is 0.326 e. The summed E-state index contributed by atoms with van der Waals surface area (Å²) in [5.41, 5.74) is 0. The van der Waals surface area contributed by atoms with Crippen molar-refractivity contribution in [2.24, 2.45) is 0 Å². The zero-order chi connectivity index (χ0) is 8.43. The number of nitrogens with one attached hydrogen (secondary N) is 1. The molecule has 11 heavy (non-hydrogen) atoms. The molecule has 0 saturated carbocycles. The van der Waals surface area contributed by atoms with Crippen molar-refractivity contribution < 1.29 is 14.7 Å². The lowest BCUT2D eigenvalue weighted by atomic mass is 10.3. The van der Waals surface area contributed by atoms with Crippen molar-refractivity contribution in [2.45, 2.75) is 19.6 Å². The van der Waals surface area contributed by atoms with E-state index in [4.69, 9.17) is 5.11 Å². The van der Waals surface area contributed by atoms with Crippen molar-refractivity contribution in [3.63, 3.8) is 0 Å². The Hall–Kier alpha value is -1.10. The molecule has 0 aromatic rings. The fourth-order valence-electron chi connectivity index (χ4n) is 1.01. The third-order valence-corrected chi connectivity index (χ3v) is 1.58. The van der Waals surface area contributed by atoms with Crippen molar-refractivity contribution in [1.29, 1.82) is 0 Å². The molecule has 1 rings (SSSR count). The van der Waals surface area contributed by atoms with E-state index in [1.54, 1.807) is 6.92 Å². The van der Waals surface area contributed by atoms with Gasteiger partial charge in [0.05, 0.1) is 6.42 Å². The Labute approximate surface area is 64.0 Å². The van der Waals surface area contributed by atoms with Gasteiger partial charge in [0.15, 0.2) is 0 Å². The average molecular weight is 158 g/mol. The van der Waals surface area contributed by atoms with E-state index in [9.17, 15) is 9.59 Å². The maximum Gasteiger partial charge on any atom is 0.326 e. The third-order valence-electron chi connectivity index (χ3n) is 1.58. The highest BCUT2D eigenvalue weighted by Crippen LogP contribution is 2.06. The molecular formula is C6H10N2O3. The molecule has 1 heterocycles. The first-order chi connectivity index (χ1) is 5.15. The maximum absolute atomic E-state index is 10.9. The number of aliphatic hydroxyl groups is 1. The summed E-state index contributed by atoms with van der Waals surface area (Å²) >= 11 is 0. The van der Waals surface area contributed by atoms with E-state index < -0.39 is 18.2 Å². The Bertz CT molecular complexity index is 192. The van der Waals surface area contributed by atoms with Crippen LogP contribution in [0.3, 0.4) is 0 Å². The fourth-order valence-corrected chi connectivity index (χ4v) is 1.01. The maximum atomic E-state index is 10.9. The van der Waals surface area contributed by atoms with Crippen molar-refractivity contribution >= 4 is 11.9 Å². The summed E-state index contributed by atoms with van der Waals surface area (Å²) in [5.74, 6) is -0.424. The molecule has 1 atom stereocenters. The van der Waals surface area contributed by atoms with Crippen LogP contribution in [0, 0.1) is 0 Å². The van der Waals surface area contributed by atoms with Gasteiger partial charge in [-0.05, 0) is 6.92 Å². The summed E-state index contributed by atoms with van der Waals surface area (Å²) in [6, 6.07) is -0.517. The summed E-state index contributed by atoms with van der Waals surface area (Å²) in [6.45, 7) is 2.14. The second-order valence-corrected chi connectivity index (χ2v) is 2.32. The quantitative estimate of drug-likeness (QED) is 0.528. The molecule has 1 fully saturated rings. The van der Waals surface area contributed by atoms with E-state index in [1.165, 1.54) is 4.90 Å². The van der Waals surface area contributed by atoms with Gasteiger partial charge in [-0.2, -0.15) is 0 Å². The Morgan fingerprint density at radius 3 is 2.82 bits per heavy atom. The van der Waals surface area contributed by atoms with Crippen LogP contribution in [0.1, 0.15) is 13.3 Å². The number of carbonyl (C=O) groups is 2. The molecule has 0 spiro atoms. The van der Waals surface area contributed by atoms with E-state index in [0.717, 1.165) is 0 Å². The van der Waals surface area contributed by atoms with Crippen LogP contribution < -0.4 is 5.32 Å². The van der Waals surface area contributed by atoms with Gasteiger partial charge in [-0.15, -0.1) is 0 Å². The SMILES string of the molecule is CCN1C(=O)NC(=O)CC1O. The van der Waals surface area contributed by atoms with E-state index in [-0.39, 0.29) is 6.42 Å². The Balaban J connectivity index is 2.66. The van der Waals surface area contributed by atoms with E-state index in [1.807, 2.05) is 0 Å². The lowest BCUT2D eigenvalue weighted by Gasteiger charge is -2.30. The van der Waals surface area contributed by atoms with Crippen LogP contribution in [-0.2, 0) is 4.79 Å². The Kier molecular flexibility index (Phi) is 2.09. The van der Waals surface area contributed by atoms with Crippen LogP contribution in [-0.4, -0.2) is 34.7 Å².